The highest BCUT2D eigenvalue weighted by molar-refractivity contribution is 7.86. The fourth-order valence-electron chi connectivity index (χ4n) is 3.76. The minimum absolute atomic E-state index is 0.111. The van der Waals surface area contributed by atoms with Gasteiger partial charge in [0.25, 0.3) is 10.2 Å². The van der Waals surface area contributed by atoms with E-state index in [9.17, 15) is 36.3 Å². The summed E-state index contributed by atoms with van der Waals surface area (Å²) in [6.07, 6.45) is 0.978. The lowest BCUT2D eigenvalue weighted by atomic mass is 10.1. The first-order valence-electron chi connectivity index (χ1n) is 10.1. The summed E-state index contributed by atoms with van der Waals surface area (Å²) in [6, 6.07) is 5.30. The maximum Gasteiger partial charge on any atom is 0.341 e. The first-order chi connectivity index (χ1) is 16.3. The van der Waals surface area contributed by atoms with E-state index >= 15 is 0 Å². The Morgan fingerprint density at radius 3 is 2.31 bits per heavy atom. The molecule has 1 aliphatic heterocycles. The lowest BCUT2D eigenvalue weighted by Crippen LogP contribution is -2.49. The molecule has 0 saturated carbocycles. The number of nitrogens with two attached hydrogens (primary N) is 2. The van der Waals surface area contributed by atoms with Crippen molar-refractivity contribution in [2.45, 2.75) is 13.0 Å². The fourth-order valence-corrected chi connectivity index (χ4v) is 3.76. The Kier molecular flexibility index (Phi) is 7.50. The van der Waals surface area contributed by atoms with Crippen molar-refractivity contribution >= 4 is 32.8 Å². The van der Waals surface area contributed by atoms with Crippen LogP contribution in [-0.4, -0.2) is 49.7 Å². The molecule has 0 aliphatic carbocycles. The number of anilines is 1. The van der Waals surface area contributed by atoms with Crippen molar-refractivity contribution in [1.29, 1.82) is 0 Å². The van der Waals surface area contributed by atoms with Crippen LogP contribution in [0.5, 0.6) is 0 Å². The van der Waals surface area contributed by atoms with Crippen LogP contribution in [0.15, 0.2) is 41.3 Å². The van der Waals surface area contributed by atoms with Crippen LogP contribution in [-0.2, 0) is 10.2 Å². The molecule has 10 nitrogen and oxygen atoms in total. The molecular weight excluding hydrogens is 491 g/mol. The van der Waals surface area contributed by atoms with Crippen LogP contribution in [0.2, 0.25) is 0 Å². The van der Waals surface area contributed by atoms with Gasteiger partial charge in [0.1, 0.15) is 23.0 Å². The van der Waals surface area contributed by atoms with Crippen molar-refractivity contribution in [2.24, 2.45) is 10.3 Å². The number of piperazine rings is 1. The third-order valence-corrected chi connectivity index (χ3v) is 5.18. The van der Waals surface area contributed by atoms with Gasteiger partial charge in [0.2, 0.25) is 5.43 Å². The molecule has 2 aromatic carbocycles. The summed E-state index contributed by atoms with van der Waals surface area (Å²) in [6.45, 7) is 3.63. The Bertz CT molecular complexity index is 1450. The van der Waals surface area contributed by atoms with Crippen LogP contribution >= 0.6 is 0 Å². The number of hydrogen-bond donors (Lipinski definition) is 4. The van der Waals surface area contributed by atoms with E-state index in [0.29, 0.717) is 25.7 Å². The molecule has 6 N–H and O–H groups in total. The summed E-state index contributed by atoms with van der Waals surface area (Å²) in [7, 11) is -3.67. The molecule has 0 bridgehead atoms. The van der Waals surface area contributed by atoms with Crippen LogP contribution in [0.1, 0.15) is 17.3 Å². The van der Waals surface area contributed by atoms with Crippen molar-refractivity contribution in [2.75, 3.05) is 24.5 Å². The number of aromatic carboxylic acids is 1. The number of nitrogens with zero attached hydrogens (tertiary/aromatic N) is 2. The van der Waals surface area contributed by atoms with Gasteiger partial charge in [0.15, 0.2) is 0 Å². The Labute approximate surface area is 197 Å². The smallest absolute Gasteiger partial charge is 0.341 e. The number of halogens is 3. The Morgan fingerprint density at radius 1 is 1.11 bits per heavy atom. The lowest BCUT2D eigenvalue weighted by Gasteiger charge is -2.34. The molecule has 0 radical (unpaired) electrons. The SMILES string of the molecule is CC1CN(c2cc3c(cc2F)c(=O)c(C(=O)O)cn3-c2ccc(F)cc2F)CCN1.NS(N)(=O)=O. The molecule has 4 rings (SSSR count). The Balaban J connectivity index is 0.000000623. The predicted octanol–water partition coefficient (Wildman–Crippen LogP) is 1.05. The van der Waals surface area contributed by atoms with Gasteiger partial charge >= 0.3 is 5.97 Å². The first-order valence-corrected chi connectivity index (χ1v) is 11.7. The molecular formula is C21H22F3N5O5S. The van der Waals surface area contributed by atoms with Crippen LogP contribution < -0.4 is 25.9 Å². The summed E-state index contributed by atoms with van der Waals surface area (Å²) in [4.78, 5) is 26.0. The number of aromatic nitrogens is 1. The van der Waals surface area contributed by atoms with Crippen LogP contribution in [0.25, 0.3) is 16.6 Å². The number of pyridine rings is 1. The number of carboxylic acids is 1. The average molecular weight is 513 g/mol. The normalized spacial score (nSPS) is 16.1. The van der Waals surface area contributed by atoms with Gasteiger partial charge in [-0.1, -0.05) is 0 Å². The molecule has 3 aromatic rings. The number of carboxylic acid groups (broad SMARTS) is 1. The van der Waals surface area contributed by atoms with Crippen LogP contribution in [0.3, 0.4) is 0 Å². The summed E-state index contributed by atoms with van der Waals surface area (Å²) in [5.74, 6) is -3.96. The molecule has 1 saturated heterocycles. The first kappa shape index (κ1) is 26.2. The topological polar surface area (TPSA) is 161 Å². The monoisotopic (exact) mass is 513 g/mol. The van der Waals surface area contributed by atoms with Gasteiger partial charge in [-0.05, 0) is 31.2 Å². The van der Waals surface area contributed by atoms with Crippen molar-refractivity contribution < 1.29 is 31.5 Å². The molecule has 2 heterocycles. The maximum atomic E-state index is 14.9. The van der Waals surface area contributed by atoms with E-state index in [2.05, 4.69) is 15.6 Å². The summed E-state index contributed by atoms with van der Waals surface area (Å²) < 4.78 is 62.3. The highest BCUT2D eigenvalue weighted by atomic mass is 32.2. The number of hydrogen-bond acceptors (Lipinski definition) is 6. The van der Waals surface area contributed by atoms with Crippen LogP contribution in [0.4, 0.5) is 18.9 Å². The van der Waals surface area contributed by atoms with Gasteiger partial charge < -0.3 is 19.9 Å². The highest BCUT2D eigenvalue weighted by Crippen LogP contribution is 2.28. The quantitative estimate of drug-likeness (QED) is 0.407. The van der Waals surface area contributed by atoms with E-state index in [1.54, 1.807) is 4.90 Å². The van der Waals surface area contributed by atoms with Crippen molar-refractivity contribution in [1.82, 2.24) is 9.88 Å². The van der Waals surface area contributed by atoms with E-state index in [-0.39, 0.29) is 28.3 Å². The number of nitrogens with one attached hydrogen (secondary N) is 1. The van der Waals surface area contributed by atoms with Gasteiger partial charge in [-0.15, -0.1) is 0 Å². The second-order valence-corrected chi connectivity index (χ2v) is 9.03. The largest absolute Gasteiger partial charge is 0.477 e. The molecule has 1 unspecified atom stereocenters. The molecule has 1 fully saturated rings. The standard InChI is InChI=1S/C21H18F3N3O3.H4N2O2S/c1-11-9-26(5-4-25-11)19-8-18-13(7-16(19)24)20(28)14(21(29)30)10-27(18)17-3-2-12(22)6-15(17)23;1-5(2,3)4/h2-3,6-8,10-11,25H,4-5,9H2,1H3,(H,29,30);(H4,1,2,3,4). The number of benzene rings is 2. The molecule has 1 aromatic heterocycles. The summed E-state index contributed by atoms with van der Waals surface area (Å²) in [5.41, 5.74) is -1.34. The van der Waals surface area contributed by atoms with Crippen molar-refractivity contribution in [3.05, 3.63) is 69.8 Å². The minimum Gasteiger partial charge on any atom is -0.477 e. The maximum absolute atomic E-state index is 14.9. The van der Waals surface area contributed by atoms with Gasteiger partial charge in [-0.25, -0.2) is 28.2 Å². The van der Waals surface area contributed by atoms with Crippen molar-refractivity contribution in [3.63, 3.8) is 0 Å². The van der Waals surface area contributed by atoms with E-state index in [1.807, 2.05) is 6.92 Å². The number of rotatable bonds is 3. The van der Waals surface area contributed by atoms with Gasteiger partial charge in [0, 0.05) is 43.3 Å². The fraction of sp³-hybridized carbons (Fsp3) is 0.238. The highest BCUT2D eigenvalue weighted by Gasteiger charge is 2.23. The Morgan fingerprint density at radius 2 is 1.74 bits per heavy atom. The molecule has 188 valence electrons. The van der Waals surface area contributed by atoms with E-state index < -0.39 is 44.6 Å². The predicted molar refractivity (Wildman–Crippen MR) is 123 cm³/mol. The molecule has 0 amide bonds. The average Bonchev–Trinajstić information content (AvgIpc) is 2.73. The molecule has 0 spiro atoms. The molecule has 14 heteroatoms. The van der Waals surface area contributed by atoms with Gasteiger partial charge in [-0.2, -0.15) is 8.42 Å². The van der Waals surface area contributed by atoms with E-state index in [0.717, 1.165) is 29.0 Å². The molecule has 1 aliphatic rings. The second-order valence-electron chi connectivity index (χ2n) is 7.85. The third-order valence-electron chi connectivity index (χ3n) is 5.18. The zero-order valence-electron chi connectivity index (χ0n) is 18.3. The summed E-state index contributed by atoms with van der Waals surface area (Å²) >= 11 is 0. The molecule has 35 heavy (non-hydrogen) atoms. The second kappa shape index (κ2) is 10.0. The lowest BCUT2D eigenvalue weighted by molar-refractivity contribution is 0.0695. The minimum atomic E-state index is -3.67. The number of fused-ring (bicyclic) bond motifs is 1. The van der Waals surface area contributed by atoms with Crippen LogP contribution in [0, 0.1) is 17.5 Å². The van der Waals surface area contributed by atoms with Gasteiger partial charge in [-0.3, -0.25) is 4.79 Å². The van der Waals surface area contributed by atoms with E-state index in [4.69, 9.17) is 0 Å². The van der Waals surface area contributed by atoms with Gasteiger partial charge in [0.05, 0.1) is 16.9 Å². The zero-order valence-corrected chi connectivity index (χ0v) is 19.2. The third kappa shape index (κ3) is 6.16. The Hall–Kier alpha value is -3.46. The number of carbonyl (C=O) groups is 1. The zero-order chi connectivity index (χ0) is 26.1. The van der Waals surface area contributed by atoms with Crippen molar-refractivity contribution in [3.8, 4) is 5.69 Å². The van der Waals surface area contributed by atoms with E-state index in [1.165, 1.54) is 6.07 Å². The summed E-state index contributed by atoms with van der Waals surface area (Å²) in [5, 5.41) is 20.6. The molecule has 1 atom stereocenters.